The SMILES string of the molecule is Cc1cccc(CCC2=N/C(=C/c3cccc(F)c3)C(=O)O2)c1. The maximum absolute atomic E-state index is 13.2. The highest BCUT2D eigenvalue weighted by Crippen LogP contribution is 2.18. The summed E-state index contributed by atoms with van der Waals surface area (Å²) in [6.07, 6.45) is 2.84. The minimum absolute atomic E-state index is 0.204. The summed E-state index contributed by atoms with van der Waals surface area (Å²) in [5.41, 5.74) is 3.15. The zero-order valence-corrected chi connectivity index (χ0v) is 12.8. The highest BCUT2D eigenvalue weighted by atomic mass is 19.1. The number of ether oxygens (including phenoxy) is 1. The summed E-state index contributed by atoms with van der Waals surface area (Å²) in [7, 11) is 0. The summed E-state index contributed by atoms with van der Waals surface area (Å²) in [6, 6.07) is 14.2. The van der Waals surface area contributed by atoms with Crippen LogP contribution in [0.15, 0.2) is 59.2 Å². The average Bonchev–Trinajstić information content (AvgIpc) is 2.86. The van der Waals surface area contributed by atoms with Crippen LogP contribution in [0.3, 0.4) is 0 Å². The first kappa shape index (κ1) is 15.2. The zero-order valence-electron chi connectivity index (χ0n) is 12.8. The Morgan fingerprint density at radius 2 is 1.96 bits per heavy atom. The van der Waals surface area contributed by atoms with E-state index in [2.05, 4.69) is 11.1 Å². The Kier molecular flexibility index (Phi) is 4.33. The number of benzene rings is 2. The molecule has 1 heterocycles. The van der Waals surface area contributed by atoms with Crippen LogP contribution in [0.4, 0.5) is 4.39 Å². The third-order valence-corrected chi connectivity index (χ3v) is 3.53. The van der Waals surface area contributed by atoms with Gasteiger partial charge in [0.15, 0.2) is 11.6 Å². The molecule has 0 bridgehead atoms. The summed E-state index contributed by atoms with van der Waals surface area (Å²) in [4.78, 5) is 16.1. The van der Waals surface area contributed by atoms with Gasteiger partial charge in [0.25, 0.3) is 0 Å². The van der Waals surface area contributed by atoms with Gasteiger partial charge in [-0.15, -0.1) is 0 Å². The zero-order chi connectivity index (χ0) is 16.2. The van der Waals surface area contributed by atoms with E-state index >= 15 is 0 Å². The number of carbonyl (C=O) groups is 1. The minimum Gasteiger partial charge on any atom is -0.407 e. The largest absolute Gasteiger partial charge is 0.407 e. The summed E-state index contributed by atoms with van der Waals surface area (Å²) in [5.74, 6) is -0.443. The van der Waals surface area contributed by atoms with Crippen molar-refractivity contribution < 1.29 is 13.9 Å². The quantitative estimate of drug-likeness (QED) is 0.631. The molecule has 0 amide bonds. The van der Waals surface area contributed by atoms with Gasteiger partial charge in [0, 0.05) is 6.42 Å². The van der Waals surface area contributed by atoms with Crippen molar-refractivity contribution in [1.82, 2.24) is 0 Å². The van der Waals surface area contributed by atoms with E-state index < -0.39 is 5.97 Å². The molecule has 0 fully saturated rings. The molecule has 4 heteroatoms. The molecule has 116 valence electrons. The monoisotopic (exact) mass is 309 g/mol. The molecule has 0 spiro atoms. The fourth-order valence-electron chi connectivity index (χ4n) is 2.43. The van der Waals surface area contributed by atoms with Crippen LogP contribution < -0.4 is 0 Å². The van der Waals surface area contributed by atoms with Crippen molar-refractivity contribution in [2.75, 3.05) is 0 Å². The standard InChI is InChI=1S/C19H16FNO2/c1-13-4-2-5-14(10-13)8-9-18-21-17(19(22)23-18)12-15-6-3-7-16(20)11-15/h2-7,10-12H,8-9H2,1H3/b17-12+. The molecule has 0 aromatic heterocycles. The Balaban J connectivity index is 1.71. The first-order valence-electron chi connectivity index (χ1n) is 7.43. The second-order valence-corrected chi connectivity index (χ2v) is 5.47. The van der Waals surface area contributed by atoms with Crippen molar-refractivity contribution in [3.63, 3.8) is 0 Å². The van der Waals surface area contributed by atoms with E-state index in [-0.39, 0.29) is 11.5 Å². The lowest BCUT2D eigenvalue weighted by atomic mass is 10.1. The lowest BCUT2D eigenvalue weighted by Crippen LogP contribution is -2.05. The number of hydrogen-bond acceptors (Lipinski definition) is 3. The van der Waals surface area contributed by atoms with Crippen molar-refractivity contribution in [3.05, 3.63) is 76.7 Å². The van der Waals surface area contributed by atoms with Gasteiger partial charge in [0.2, 0.25) is 0 Å². The van der Waals surface area contributed by atoms with Crippen LogP contribution in [-0.4, -0.2) is 11.9 Å². The Bertz CT molecular complexity index is 809. The number of aryl methyl sites for hydroxylation is 2. The van der Waals surface area contributed by atoms with Crippen LogP contribution in [0, 0.1) is 12.7 Å². The second kappa shape index (κ2) is 6.57. The Morgan fingerprint density at radius 1 is 1.13 bits per heavy atom. The first-order chi connectivity index (χ1) is 11.1. The van der Waals surface area contributed by atoms with Crippen LogP contribution in [0.2, 0.25) is 0 Å². The molecule has 3 rings (SSSR count). The van der Waals surface area contributed by atoms with Gasteiger partial charge in [-0.2, -0.15) is 0 Å². The lowest BCUT2D eigenvalue weighted by Gasteiger charge is -2.01. The Morgan fingerprint density at radius 3 is 2.74 bits per heavy atom. The van der Waals surface area contributed by atoms with Gasteiger partial charge in [0.05, 0.1) is 0 Å². The molecule has 2 aromatic carbocycles. The molecule has 3 nitrogen and oxygen atoms in total. The number of rotatable bonds is 4. The van der Waals surface area contributed by atoms with Gasteiger partial charge >= 0.3 is 5.97 Å². The molecule has 0 atom stereocenters. The number of hydrogen-bond donors (Lipinski definition) is 0. The molecule has 0 N–H and O–H groups in total. The minimum atomic E-state index is -0.492. The van der Waals surface area contributed by atoms with E-state index in [0.29, 0.717) is 17.9 Å². The summed E-state index contributed by atoms with van der Waals surface area (Å²) in [6.45, 7) is 2.04. The van der Waals surface area contributed by atoms with Crippen LogP contribution >= 0.6 is 0 Å². The normalized spacial score (nSPS) is 15.7. The molecule has 1 aliphatic rings. The third kappa shape index (κ3) is 3.92. The number of nitrogens with zero attached hydrogens (tertiary/aromatic N) is 1. The Labute approximate surface area is 134 Å². The van der Waals surface area contributed by atoms with Crippen LogP contribution in [0.25, 0.3) is 6.08 Å². The van der Waals surface area contributed by atoms with Crippen molar-refractivity contribution >= 4 is 17.9 Å². The molecular formula is C19H16FNO2. The van der Waals surface area contributed by atoms with Crippen LogP contribution in [0.5, 0.6) is 0 Å². The lowest BCUT2D eigenvalue weighted by molar-refractivity contribution is -0.130. The van der Waals surface area contributed by atoms with Gasteiger partial charge in [0.1, 0.15) is 5.82 Å². The molecule has 0 saturated heterocycles. The van der Waals surface area contributed by atoms with Crippen molar-refractivity contribution in [2.24, 2.45) is 4.99 Å². The van der Waals surface area contributed by atoms with E-state index in [1.54, 1.807) is 12.1 Å². The van der Waals surface area contributed by atoms with Crippen LogP contribution in [0.1, 0.15) is 23.1 Å². The second-order valence-electron chi connectivity index (χ2n) is 5.47. The van der Waals surface area contributed by atoms with Crippen LogP contribution in [-0.2, 0) is 16.0 Å². The summed E-state index contributed by atoms with van der Waals surface area (Å²) >= 11 is 0. The maximum atomic E-state index is 13.2. The molecule has 23 heavy (non-hydrogen) atoms. The Hall–Kier alpha value is -2.75. The van der Waals surface area contributed by atoms with Gasteiger partial charge < -0.3 is 4.74 Å². The molecule has 0 unspecified atom stereocenters. The summed E-state index contributed by atoms with van der Waals surface area (Å²) < 4.78 is 18.4. The third-order valence-electron chi connectivity index (χ3n) is 3.53. The highest BCUT2D eigenvalue weighted by Gasteiger charge is 2.22. The number of aliphatic imine (C=N–C) groups is 1. The van der Waals surface area contributed by atoms with Gasteiger partial charge in [-0.25, -0.2) is 14.2 Å². The average molecular weight is 309 g/mol. The molecule has 0 saturated carbocycles. The van der Waals surface area contributed by atoms with E-state index in [1.807, 2.05) is 25.1 Å². The molecule has 2 aromatic rings. The van der Waals surface area contributed by atoms with E-state index in [9.17, 15) is 9.18 Å². The maximum Gasteiger partial charge on any atom is 0.363 e. The topological polar surface area (TPSA) is 38.7 Å². The highest BCUT2D eigenvalue weighted by molar-refractivity contribution is 6.07. The van der Waals surface area contributed by atoms with Gasteiger partial charge in [-0.3, -0.25) is 0 Å². The fraction of sp³-hybridized carbons (Fsp3) is 0.158. The van der Waals surface area contributed by atoms with E-state index in [4.69, 9.17) is 4.74 Å². The van der Waals surface area contributed by atoms with E-state index in [0.717, 1.165) is 6.42 Å². The summed E-state index contributed by atoms with van der Waals surface area (Å²) in [5, 5.41) is 0. The van der Waals surface area contributed by atoms with E-state index in [1.165, 1.54) is 29.3 Å². The number of cyclic esters (lactones) is 1. The number of esters is 1. The predicted molar refractivity (Wildman–Crippen MR) is 87.4 cm³/mol. The number of halogens is 1. The molecular weight excluding hydrogens is 293 g/mol. The first-order valence-corrected chi connectivity index (χ1v) is 7.43. The van der Waals surface area contributed by atoms with Crippen molar-refractivity contribution in [1.29, 1.82) is 0 Å². The smallest absolute Gasteiger partial charge is 0.363 e. The number of carbonyl (C=O) groups excluding carboxylic acids is 1. The molecule has 0 aliphatic carbocycles. The molecule has 1 aliphatic heterocycles. The predicted octanol–water partition coefficient (Wildman–Crippen LogP) is 4.06. The van der Waals surface area contributed by atoms with Gasteiger partial charge in [-0.05, 0) is 42.7 Å². The van der Waals surface area contributed by atoms with Gasteiger partial charge in [-0.1, -0.05) is 42.0 Å². The fourth-order valence-corrected chi connectivity index (χ4v) is 2.43. The molecule has 0 radical (unpaired) electrons. The van der Waals surface area contributed by atoms with Crippen molar-refractivity contribution in [3.8, 4) is 0 Å². The van der Waals surface area contributed by atoms with Crippen molar-refractivity contribution in [2.45, 2.75) is 19.8 Å².